The van der Waals surface area contributed by atoms with E-state index in [0.29, 0.717) is 18.6 Å². The van der Waals surface area contributed by atoms with Gasteiger partial charge in [-0.25, -0.2) is 0 Å². The van der Waals surface area contributed by atoms with Gasteiger partial charge in [0, 0.05) is 25.4 Å². The average Bonchev–Trinajstić information content (AvgIpc) is 3.35. The number of nitrogens with one attached hydrogen (secondary N) is 1. The van der Waals surface area contributed by atoms with Crippen LogP contribution in [0.2, 0.25) is 0 Å². The molecule has 1 aromatic heterocycles. The fourth-order valence-corrected chi connectivity index (χ4v) is 3.53. The molecule has 6 nitrogen and oxygen atoms in total. The highest BCUT2D eigenvalue weighted by Gasteiger charge is 2.51. The maximum Gasteiger partial charge on any atom is 0.254 e. The van der Waals surface area contributed by atoms with Crippen LogP contribution in [0.5, 0.6) is 5.75 Å². The predicted molar refractivity (Wildman–Crippen MR) is 91.5 cm³/mol. The van der Waals surface area contributed by atoms with Crippen molar-refractivity contribution in [1.82, 2.24) is 9.88 Å². The standard InChI is InChI=1S/C17H20BrN3O3/c1-21-9-13(18)14(8-15(21)22)24-12-4-2-11(3-5-12)20-16(23)17(10-19)6-7-17/h8-9,11-12H,2-7H2,1H3,(H,20,23). The first-order chi connectivity index (χ1) is 11.4. The number of amides is 1. The molecule has 2 saturated carbocycles. The fourth-order valence-electron chi connectivity index (χ4n) is 3.01. The topological polar surface area (TPSA) is 84.1 Å². The summed E-state index contributed by atoms with van der Waals surface area (Å²) >= 11 is 3.42. The number of halogens is 1. The second-order valence-corrected chi connectivity index (χ2v) is 7.55. The van der Waals surface area contributed by atoms with Crippen LogP contribution >= 0.6 is 15.9 Å². The molecule has 1 N–H and O–H groups in total. The van der Waals surface area contributed by atoms with E-state index in [4.69, 9.17) is 10.00 Å². The van der Waals surface area contributed by atoms with E-state index in [0.717, 1.165) is 30.2 Å². The zero-order valence-corrected chi connectivity index (χ0v) is 15.1. The SMILES string of the molecule is Cn1cc(Br)c(OC2CCC(NC(=O)C3(C#N)CC3)CC2)cc1=O. The number of ether oxygens (including phenoxy) is 1. The van der Waals surface area contributed by atoms with Crippen molar-refractivity contribution in [2.75, 3.05) is 0 Å². The zero-order valence-electron chi connectivity index (χ0n) is 13.5. The summed E-state index contributed by atoms with van der Waals surface area (Å²) in [5.74, 6) is 0.440. The van der Waals surface area contributed by atoms with Gasteiger partial charge in [0.15, 0.2) is 0 Å². The molecule has 2 fully saturated rings. The predicted octanol–water partition coefficient (Wildman–Crippen LogP) is 2.26. The Balaban J connectivity index is 1.52. The maximum atomic E-state index is 12.1. The molecule has 128 valence electrons. The number of hydrogen-bond donors (Lipinski definition) is 1. The minimum Gasteiger partial charge on any atom is -0.489 e. The highest BCUT2D eigenvalue weighted by atomic mass is 79.9. The van der Waals surface area contributed by atoms with Crippen LogP contribution in [0, 0.1) is 16.7 Å². The Kier molecular flexibility index (Phi) is 4.68. The van der Waals surface area contributed by atoms with Gasteiger partial charge in [0.1, 0.15) is 11.2 Å². The van der Waals surface area contributed by atoms with Gasteiger partial charge < -0.3 is 14.6 Å². The van der Waals surface area contributed by atoms with E-state index < -0.39 is 5.41 Å². The lowest BCUT2D eigenvalue weighted by molar-refractivity contribution is -0.125. The molecular weight excluding hydrogens is 374 g/mol. The van der Waals surface area contributed by atoms with Gasteiger partial charge in [0.05, 0.1) is 16.6 Å². The number of carbonyl (C=O) groups excluding carboxylic acids is 1. The monoisotopic (exact) mass is 393 g/mol. The van der Waals surface area contributed by atoms with Crippen molar-refractivity contribution < 1.29 is 9.53 Å². The summed E-state index contributed by atoms with van der Waals surface area (Å²) in [4.78, 5) is 23.8. The molecule has 2 aliphatic carbocycles. The molecule has 0 unspecified atom stereocenters. The summed E-state index contributed by atoms with van der Waals surface area (Å²) in [5, 5.41) is 12.1. The molecule has 0 bridgehead atoms. The molecule has 1 amide bonds. The Morgan fingerprint density at radius 1 is 1.42 bits per heavy atom. The van der Waals surface area contributed by atoms with E-state index in [-0.39, 0.29) is 23.6 Å². The molecule has 2 aliphatic rings. The van der Waals surface area contributed by atoms with Crippen LogP contribution in [0.1, 0.15) is 38.5 Å². The summed E-state index contributed by atoms with van der Waals surface area (Å²) in [5.41, 5.74) is -0.872. The molecule has 0 aromatic carbocycles. The van der Waals surface area contributed by atoms with Crippen LogP contribution in [-0.2, 0) is 11.8 Å². The van der Waals surface area contributed by atoms with Crippen LogP contribution in [0.25, 0.3) is 0 Å². The van der Waals surface area contributed by atoms with Gasteiger partial charge in [-0.15, -0.1) is 0 Å². The number of rotatable bonds is 4. The smallest absolute Gasteiger partial charge is 0.254 e. The molecule has 1 aromatic rings. The minimum absolute atomic E-state index is 0.0346. The minimum atomic E-state index is -0.762. The number of nitrogens with zero attached hydrogens (tertiary/aromatic N) is 2. The van der Waals surface area contributed by atoms with Crippen LogP contribution < -0.4 is 15.6 Å². The number of aryl methyl sites for hydroxylation is 1. The van der Waals surface area contributed by atoms with Gasteiger partial charge in [-0.3, -0.25) is 9.59 Å². The summed E-state index contributed by atoms with van der Waals surface area (Å²) in [6, 6.07) is 3.72. The third-order valence-electron chi connectivity index (χ3n) is 4.85. The van der Waals surface area contributed by atoms with Crippen molar-refractivity contribution in [2.45, 2.75) is 50.7 Å². The molecule has 0 saturated heterocycles. The van der Waals surface area contributed by atoms with Crippen molar-refractivity contribution in [3.8, 4) is 11.8 Å². The van der Waals surface area contributed by atoms with Gasteiger partial charge in [-0.2, -0.15) is 5.26 Å². The molecule has 7 heteroatoms. The lowest BCUT2D eigenvalue weighted by Gasteiger charge is -2.30. The summed E-state index contributed by atoms with van der Waals surface area (Å²) in [6.07, 6.45) is 6.34. The Bertz CT molecular complexity index is 740. The van der Waals surface area contributed by atoms with Crippen molar-refractivity contribution in [3.63, 3.8) is 0 Å². The second-order valence-electron chi connectivity index (χ2n) is 6.69. The molecule has 0 atom stereocenters. The highest BCUT2D eigenvalue weighted by molar-refractivity contribution is 9.10. The zero-order chi connectivity index (χ0) is 17.3. The average molecular weight is 394 g/mol. The summed E-state index contributed by atoms with van der Waals surface area (Å²) in [7, 11) is 1.69. The Hall–Kier alpha value is -1.81. The van der Waals surface area contributed by atoms with E-state index in [9.17, 15) is 9.59 Å². The lowest BCUT2D eigenvalue weighted by Crippen LogP contribution is -2.42. The Morgan fingerprint density at radius 2 is 2.08 bits per heavy atom. The first-order valence-electron chi connectivity index (χ1n) is 8.18. The Morgan fingerprint density at radius 3 is 2.67 bits per heavy atom. The second kappa shape index (κ2) is 6.60. The van der Waals surface area contributed by atoms with Gasteiger partial charge in [0.25, 0.3) is 5.56 Å². The van der Waals surface area contributed by atoms with Crippen LogP contribution in [0.15, 0.2) is 21.5 Å². The van der Waals surface area contributed by atoms with Crippen molar-refractivity contribution in [2.24, 2.45) is 12.5 Å². The van der Waals surface area contributed by atoms with E-state index in [1.165, 1.54) is 10.6 Å². The molecule has 0 radical (unpaired) electrons. The molecule has 1 heterocycles. The fraction of sp³-hybridized carbons (Fsp3) is 0.588. The van der Waals surface area contributed by atoms with Crippen molar-refractivity contribution >= 4 is 21.8 Å². The van der Waals surface area contributed by atoms with Crippen LogP contribution in [0.4, 0.5) is 0 Å². The number of hydrogen-bond acceptors (Lipinski definition) is 4. The normalized spacial score (nSPS) is 24.7. The summed E-state index contributed by atoms with van der Waals surface area (Å²) < 4.78 is 8.20. The lowest BCUT2D eigenvalue weighted by atomic mass is 9.92. The third-order valence-corrected chi connectivity index (χ3v) is 5.44. The number of carbonyl (C=O) groups is 1. The summed E-state index contributed by atoms with van der Waals surface area (Å²) in [6.45, 7) is 0. The third kappa shape index (κ3) is 3.48. The van der Waals surface area contributed by atoms with Crippen molar-refractivity contribution in [1.29, 1.82) is 5.26 Å². The van der Waals surface area contributed by atoms with Crippen molar-refractivity contribution in [3.05, 3.63) is 27.1 Å². The Labute approximate surface area is 148 Å². The first kappa shape index (κ1) is 17.0. The van der Waals surface area contributed by atoms with E-state index in [1.807, 2.05) is 0 Å². The molecule has 0 aliphatic heterocycles. The molecule has 3 rings (SSSR count). The van der Waals surface area contributed by atoms with E-state index >= 15 is 0 Å². The van der Waals surface area contributed by atoms with Gasteiger partial charge >= 0.3 is 0 Å². The van der Waals surface area contributed by atoms with Gasteiger partial charge in [-0.1, -0.05) is 0 Å². The molecule has 24 heavy (non-hydrogen) atoms. The largest absolute Gasteiger partial charge is 0.489 e. The molecular formula is C17H20BrN3O3. The van der Waals surface area contributed by atoms with Crippen LogP contribution in [0.3, 0.4) is 0 Å². The number of aromatic nitrogens is 1. The first-order valence-corrected chi connectivity index (χ1v) is 8.98. The molecule has 0 spiro atoms. The maximum absolute atomic E-state index is 12.1. The number of pyridine rings is 1. The van der Waals surface area contributed by atoms with Crippen LogP contribution in [-0.4, -0.2) is 22.6 Å². The van der Waals surface area contributed by atoms with E-state index in [2.05, 4.69) is 27.3 Å². The van der Waals surface area contributed by atoms with Gasteiger partial charge in [0.2, 0.25) is 5.91 Å². The van der Waals surface area contributed by atoms with Gasteiger partial charge in [-0.05, 0) is 54.5 Å². The number of nitriles is 1. The van der Waals surface area contributed by atoms with E-state index in [1.54, 1.807) is 13.2 Å². The quantitative estimate of drug-likeness (QED) is 0.849. The highest BCUT2D eigenvalue weighted by Crippen LogP contribution is 2.45.